The number of hydrogen-bond acceptors (Lipinski definition) is 4. The second kappa shape index (κ2) is 6.29. The van der Waals surface area contributed by atoms with E-state index in [9.17, 15) is 4.79 Å². The van der Waals surface area contributed by atoms with Crippen LogP contribution in [0.2, 0.25) is 0 Å². The van der Waals surface area contributed by atoms with E-state index in [2.05, 4.69) is 15.2 Å². The molecule has 0 aliphatic carbocycles. The number of aryl methyl sites for hydroxylation is 3. The predicted molar refractivity (Wildman–Crippen MR) is 81.2 cm³/mol. The van der Waals surface area contributed by atoms with Gasteiger partial charge in [0.05, 0.1) is 11.7 Å². The van der Waals surface area contributed by atoms with E-state index in [4.69, 9.17) is 0 Å². The number of piperidine rings is 1. The minimum Gasteiger partial charge on any atom is -0.340 e. The first kappa shape index (κ1) is 14.7. The van der Waals surface area contributed by atoms with Gasteiger partial charge in [0.2, 0.25) is 5.91 Å². The van der Waals surface area contributed by atoms with Gasteiger partial charge in [0.15, 0.2) is 0 Å². The van der Waals surface area contributed by atoms with Gasteiger partial charge in [0.25, 0.3) is 0 Å². The Hall–Kier alpha value is -2.18. The number of carbonyl (C=O) groups excluding carboxylic acids is 1. The van der Waals surface area contributed by atoms with Gasteiger partial charge in [-0.05, 0) is 32.8 Å². The predicted octanol–water partition coefficient (Wildman–Crippen LogP) is 1.35. The topological polar surface area (TPSA) is 68.8 Å². The summed E-state index contributed by atoms with van der Waals surface area (Å²) < 4.78 is 3.77. The highest BCUT2D eigenvalue weighted by Gasteiger charge is 2.25. The van der Waals surface area contributed by atoms with Crippen LogP contribution in [-0.4, -0.2) is 48.4 Å². The van der Waals surface area contributed by atoms with Gasteiger partial charge >= 0.3 is 0 Å². The molecule has 1 amide bonds. The van der Waals surface area contributed by atoms with Gasteiger partial charge in [0.1, 0.15) is 12.7 Å². The molecule has 3 heterocycles. The number of nitrogens with zero attached hydrogens (tertiary/aromatic N) is 6. The van der Waals surface area contributed by atoms with Crippen LogP contribution in [-0.2, 0) is 11.3 Å². The number of rotatable bonds is 4. The fourth-order valence-electron chi connectivity index (χ4n) is 3.06. The van der Waals surface area contributed by atoms with Crippen molar-refractivity contribution < 1.29 is 4.79 Å². The summed E-state index contributed by atoms with van der Waals surface area (Å²) in [6.45, 7) is 6.19. The number of amides is 1. The molecular formula is C15H22N6O. The fourth-order valence-corrected chi connectivity index (χ4v) is 3.06. The molecule has 1 atom stereocenters. The van der Waals surface area contributed by atoms with Crippen molar-refractivity contribution in [2.24, 2.45) is 0 Å². The molecule has 0 saturated carbocycles. The van der Waals surface area contributed by atoms with Crippen molar-refractivity contribution in [3.05, 3.63) is 30.1 Å². The second-order valence-electron chi connectivity index (χ2n) is 5.91. The molecule has 3 rings (SSSR count). The summed E-state index contributed by atoms with van der Waals surface area (Å²) in [4.78, 5) is 18.4. The molecule has 0 bridgehead atoms. The van der Waals surface area contributed by atoms with Crippen LogP contribution in [0.1, 0.15) is 36.7 Å². The van der Waals surface area contributed by atoms with Crippen molar-refractivity contribution in [1.29, 1.82) is 0 Å². The molecule has 0 unspecified atom stereocenters. The average Bonchev–Trinajstić information content (AvgIpc) is 3.15. The average molecular weight is 302 g/mol. The van der Waals surface area contributed by atoms with Crippen molar-refractivity contribution in [3.8, 4) is 0 Å². The first-order valence-electron chi connectivity index (χ1n) is 7.76. The minimum absolute atomic E-state index is 0.192. The number of hydrogen-bond donors (Lipinski definition) is 0. The van der Waals surface area contributed by atoms with Crippen LogP contribution >= 0.6 is 0 Å². The van der Waals surface area contributed by atoms with Crippen molar-refractivity contribution >= 4 is 5.91 Å². The first-order valence-corrected chi connectivity index (χ1v) is 7.76. The summed E-state index contributed by atoms with van der Waals surface area (Å²) in [6.07, 6.45) is 5.82. The molecule has 0 radical (unpaired) electrons. The van der Waals surface area contributed by atoms with Crippen LogP contribution in [0.3, 0.4) is 0 Å². The van der Waals surface area contributed by atoms with E-state index in [0.29, 0.717) is 13.0 Å². The molecule has 2 aromatic heterocycles. The van der Waals surface area contributed by atoms with E-state index in [1.165, 1.54) is 0 Å². The zero-order valence-electron chi connectivity index (χ0n) is 13.1. The Kier molecular flexibility index (Phi) is 4.22. The van der Waals surface area contributed by atoms with Crippen molar-refractivity contribution in [2.45, 2.75) is 45.7 Å². The maximum Gasteiger partial charge on any atom is 0.224 e. The summed E-state index contributed by atoms with van der Waals surface area (Å²) in [5, 5.41) is 8.60. The van der Waals surface area contributed by atoms with E-state index in [-0.39, 0.29) is 11.9 Å². The van der Waals surface area contributed by atoms with E-state index in [0.717, 1.165) is 37.3 Å². The number of likely N-dealkylation sites (tertiary alicyclic amines) is 1. The SMILES string of the molecule is Cc1cc(C)n(CCC(=O)N2CCC[C@H](n3cncn3)C2)n1. The van der Waals surface area contributed by atoms with Crippen LogP contribution in [0.15, 0.2) is 18.7 Å². The third-order valence-corrected chi connectivity index (χ3v) is 4.20. The lowest BCUT2D eigenvalue weighted by atomic mass is 10.1. The Morgan fingerprint density at radius 1 is 1.41 bits per heavy atom. The Labute approximate surface area is 129 Å². The van der Waals surface area contributed by atoms with Gasteiger partial charge < -0.3 is 4.90 Å². The first-order chi connectivity index (χ1) is 10.6. The zero-order chi connectivity index (χ0) is 15.5. The summed E-state index contributed by atoms with van der Waals surface area (Å²) >= 11 is 0. The third kappa shape index (κ3) is 3.18. The van der Waals surface area contributed by atoms with E-state index >= 15 is 0 Å². The maximum absolute atomic E-state index is 12.4. The van der Waals surface area contributed by atoms with Crippen LogP contribution in [0, 0.1) is 13.8 Å². The van der Waals surface area contributed by atoms with E-state index in [1.54, 1.807) is 12.7 Å². The molecule has 0 N–H and O–H groups in total. The molecule has 1 saturated heterocycles. The molecule has 118 valence electrons. The zero-order valence-corrected chi connectivity index (χ0v) is 13.1. The Morgan fingerprint density at radius 2 is 2.27 bits per heavy atom. The molecule has 1 fully saturated rings. The Morgan fingerprint density at radius 3 is 2.95 bits per heavy atom. The third-order valence-electron chi connectivity index (χ3n) is 4.20. The standard InChI is InChI=1S/C15H22N6O/c1-12-8-13(2)20(18-12)7-5-15(22)19-6-3-4-14(9-19)21-11-16-10-17-21/h8,10-11,14H,3-7,9H2,1-2H3/t14-/m0/s1. The highest BCUT2D eigenvalue weighted by Crippen LogP contribution is 2.20. The van der Waals surface area contributed by atoms with E-state index in [1.807, 2.05) is 34.2 Å². The molecule has 1 aliphatic rings. The smallest absolute Gasteiger partial charge is 0.224 e. The fraction of sp³-hybridized carbons (Fsp3) is 0.600. The summed E-state index contributed by atoms with van der Waals surface area (Å²) in [7, 11) is 0. The maximum atomic E-state index is 12.4. The molecule has 7 heteroatoms. The van der Waals surface area contributed by atoms with Crippen molar-refractivity contribution in [1.82, 2.24) is 29.4 Å². The van der Waals surface area contributed by atoms with Gasteiger partial charge in [0, 0.05) is 31.7 Å². The summed E-state index contributed by atoms with van der Waals surface area (Å²) in [5.41, 5.74) is 2.10. The van der Waals surface area contributed by atoms with Crippen molar-refractivity contribution in [3.63, 3.8) is 0 Å². The number of aromatic nitrogens is 5. The Bertz CT molecular complexity index is 633. The molecule has 1 aliphatic heterocycles. The lowest BCUT2D eigenvalue weighted by Crippen LogP contribution is -2.41. The van der Waals surface area contributed by atoms with Crippen molar-refractivity contribution in [2.75, 3.05) is 13.1 Å². The highest BCUT2D eigenvalue weighted by molar-refractivity contribution is 5.76. The quantitative estimate of drug-likeness (QED) is 0.855. The normalized spacial score (nSPS) is 18.6. The molecule has 7 nitrogen and oxygen atoms in total. The highest BCUT2D eigenvalue weighted by atomic mass is 16.2. The van der Waals surface area contributed by atoms with Gasteiger partial charge in [-0.25, -0.2) is 9.67 Å². The minimum atomic E-state index is 0.192. The van der Waals surface area contributed by atoms with Gasteiger partial charge in [-0.15, -0.1) is 0 Å². The van der Waals surface area contributed by atoms with Crippen LogP contribution < -0.4 is 0 Å². The van der Waals surface area contributed by atoms with Gasteiger partial charge in [-0.2, -0.15) is 10.2 Å². The number of carbonyl (C=O) groups is 1. The van der Waals surface area contributed by atoms with E-state index < -0.39 is 0 Å². The monoisotopic (exact) mass is 302 g/mol. The van der Waals surface area contributed by atoms with Gasteiger partial charge in [-0.1, -0.05) is 0 Å². The second-order valence-corrected chi connectivity index (χ2v) is 5.91. The lowest BCUT2D eigenvalue weighted by Gasteiger charge is -2.32. The molecule has 0 spiro atoms. The molecule has 0 aromatic carbocycles. The van der Waals surface area contributed by atoms with Crippen LogP contribution in [0.25, 0.3) is 0 Å². The summed E-state index contributed by atoms with van der Waals surface area (Å²) in [5.74, 6) is 0.192. The molecule has 2 aromatic rings. The molecule has 22 heavy (non-hydrogen) atoms. The van der Waals surface area contributed by atoms with Crippen LogP contribution in [0.4, 0.5) is 0 Å². The molecular weight excluding hydrogens is 280 g/mol. The van der Waals surface area contributed by atoms with Gasteiger partial charge in [-0.3, -0.25) is 9.48 Å². The van der Waals surface area contributed by atoms with Crippen LogP contribution in [0.5, 0.6) is 0 Å². The largest absolute Gasteiger partial charge is 0.340 e. The summed E-state index contributed by atoms with van der Waals surface area (Å²) in [6, 6.07) is 2.28. The lowest BCUT2D eigenvalue weighted by molar-refractivity contribution is -0.133. The Balaban J connectivity index is 1.56.